The highest BCUT2D eigenvalue weighted by Crippen LogP contribution is 2.53. The first-order valence-electron chi connectivity index (χ1n) is 25.2. The van der Waals surface area contributed by atoms with E-state index < -0.39 is 37.0 Å². The lowest BCUT2D eigenvalue weighted by Crippen LogP contribution is -2.59. The maximum atomic E-state index is 14.1. The maximum absolute atomic E-state index is 14.1. The number of aliphatic hydroxyl groups is 1. The van der Waals surface area contributed by atoms with Crippen molar-refractivity contribution in [3.05, 3.63) is 136 Å². The summed E-state index contributed by atoms with van der Waals surface area (Å²) in [5, 5.41) is 26.5. The van der Waals surface area contributed by atoms with Crippen LogP contribution in [0, 0.1) is 21.4 Å². The van der Waals surface area contributed by atoms with Gasteiger partial charge in [0.25, 0.3) is 21.6 Å². The molecule has 0 bridgehead atoms. The van der Waals surface area contributed by atoms with Crippen LogP contribution in [0.15, 0.2) is 114 Å². The number of nitrogens with zero attached hydrogens (tertiary/aromatic N) is 5. The monoisotopic (exact) mass is 1010 g/mol. The molecule has 73 heavy (non-hydrogen) atoms. The van der Waals surface area contributed by atoms with Gasteiger partial charge >= 0.3 is 0 Å². The van der Waals surface area contributed by atoms with Gasteiger partial charge < -0.3 is 34.5 Å². The number of nitro groups is 1. The number of carbonyl (C=O) groups excluding carboxylic acids is 1. The lowest BCUT2D eigenvalue weighted by Gasteiger charge is -2.58. The van der Waals surface area contributed by atoms with Crippen molar-refractivity contribution in [1.82, 2.24) is 24.5 Å². The predicted octanol–water partition coefficient (Wildman–Crippen LogP) is 9.06. The van der Waals surface area contributed by atoms with Crippen LogP contribution in [0.5, 0.6) is 23.0 Å². The molecule has 10 rings (SSSR count). The van der Waals surface area contributed by atoms with E-state index in [2.05, 4.69) is 65.0 Å². The van der Waals surface area contributed by atoms with Gasteiger partial charge in [-0.05, 0) is 130 Å². The number of piperidine rings is 1. The Labute approximate surface area is 426 Å². The van der Waals surface area contributed by atoms with Crippen molar-refractivity contribution < 1.29 is 37.5 Å². The summed E-state index contributed by atoms with van der Waals surface area (Å²) in [6, 6.07) is 29.7. The van der Waals surface area contributed by atoms with Crippen molar-refractivity contribution in [2.24, 2.45) is 11.3 Å². The fourth-order valence-electron chi connectivity index (χ4n) is 11.5. The number of ether oxygens (including phenoxy) is 3. The van der Waals surface area contributed by atoms with Gasteiger partial charge in [0.15, 0.2) is 0 Å². The fraction of sp³-hybridized carbons (Fsp3) is 0.418. The number of anilines is 2. The van der Waals surface area contributed by atoms with Crippen LogP contribution in [0.4, 0.5) is 17.1 Å². The summed E-state index contributed by atoms with van der Waals surface area (Å²) in [5.41, 5.74) is 3.15. The summed E-state index contributed by atoms with van der Waals surface area (Å²) in [4.78, 5) is 40.3. The number of fused-ring (bicyclic) bond motifs is 1. The van der Waals surface area contributed by atoms with Crippen LogP contribution in [0.3, 0.4) is 0 Å². The number of methoxy groups -OCH3 is 2. The van der Waals surface area contributed by atoms with Gasteiger partial charge in [-0.1, -0.05) is 30.3 Å². The molecule has 0 radical (unpaired) electrons. The molecule has 4 aliphatic rings. The number of carbonyl (C=O) groups is 1. The second-order valence-electron chi connectivity index (χ2n) is 20.7. The number of aromatic amines is 1. The van der Waals surface area contributed by atoms with E-state index in [9.17, 15) is 28.4 Å². The molecule has 2 aliphatic heterocycles. The Morgan fingerprint density at radius 1 is 0.890 bits per heavy atom. The van der Waals surface area contributed by atoms with Gasteiger partial charge in [0.2, 0.25) is 0 Å². The molecule has 18 heteroatoms. The molecule has 2 saturated heterocycles. The molecule has 4 aromatic carbocycles. The second kappa shape index (κ2) is 20.6. The number of sulfonamides is 1. The standard InChI is InChI=1S/C55H64N8O9S/c1-54(65)19-16-37(17-20-54)33-57-47-15-13-44(30-48(47)63(66)67)73(68,69)59-53(64)46-14-10-40(29-51(46)72-43-28-39-18-23-56-52(39)58-34-43)61-24-21-55(22-25-61)31-41(32-55)62-27-26-60(35-38-8-11-42(70-2)12-9-38)36-49(62)45-6-4-5-7-50(45)71-3/h4-15,18,23,28-30,34,37,41,49,57,65H,16-17,19-22,24-27,31-33,35-36H2,1-3H3,(H,56,58)(H,59,64). The SMILES string of the molecule is COc1ccc(CN2CCN(C3CC4(CCN(c5ccc(C(=O)NS(=O)(=O)c6ccc(NCC7CCC(C)(O)CC7)c([N+](=O)[O-])c6)c(Oc6cnc7[nH]ccc7c6)c5)CC4)C3)C(c3ccccc3OC)C2)cc1. The molecular weight excluding hydrogens is 949 g/mol. The van der Waals surface area contributed by atoms with Crippen LogP contribution >= 0.6 is 0 Å². The van der Waals surface area contributed by atoms with Crippen molar-refractivity contribution in [1.29, 1.82) is 0 Å². The number of benzene rings is 4. The minimum absolute atomic E-state index is 0.0373. The first-order chi connectivity index (χ1) is 35.2. The average molecular weight is 1010 g/mol. The van der Waals surface area contributed by atoms with E-state index >= 15 is 0 Å². The molecular formula is C55H64N8O9S. The molecule has 2 aliphatic carbocycles. The van der Waals surface area contributed by atoms with E-state index in [4.69, 9.17) is 14.2 Å². The average Bonchev–Trinajstić information content (AvgIpc) is 3.86. The number of amides is 1. The molecule has 384 valence electrons. The molecule has 1 unspecified atom stereocenters. The Bertz CT molecular complexity index is 3070. The molecule has 6 aromatic rings. The van der Waals surface area contributed by atoms with Crippen LogP contribution in [0.1, 0.15) is 85.8 Å². The highest BCUT2D eigenvalue weighted by Gasteiger charge is 2.50. The van der Waals surface area contributed by atoms with Crippen LogP contribution in [0.25, 0.3) is 11.0 Å². The number of H-pyrrole nitrogens is 1. The Balaban J connectivity index is 0.826. The summed E-state index contributed by atoms with van der Waals surface area (Å²) < 4.78 is 47.5. The topological polar surface area (TPSA) is 205 Å². The van der Waals surface area contributed by atoms with Gasteiger partial charge in [0.1, 0.15) is 34.3 Å². The van der Waals surface area contributed by atoms with Crippen LogP contribution < -0.4 is 29.1 Å². The lowest BCUT2D eigenvalue weighted by atomic mass is 9.59. The second-order valence-corrected chi connectivity index (χ2v) is 22.4. The number of rotatable bonds is 16. The van der Waals surface area contributed by atoms with E-state index in [0.29, 0.717) is 36.8 Å². The summed E-state index contributed by atoms with van der Waals surface area (Å²) in [6.07, 6.45) is 10.3. The summed E-state index contributed by atoms with van der Waals surface area (Å²) in [7, 11) is -1.15. The largest absolute Gasteiger partial charge is 0.497 e. The van der Waals surface area contributed by atoms with Crippen molar-refractivity contribution in [2.45, 2.75) is 87.4 Å². The molecule has 2 saturated carbocycles. The zero-order valence-electron chi connectivity index (χ0n) is 41.6. The van der Waals surface area contributed by atoms with Gasteiger partial charge in [0, 0.05) is 86.8 Å². The van der Waals surface area contributed by atoms with Gasteiger partial charge in [0.05, 0.1) is 47.4 Å². The normalized spacial score (nSPS) is 21.6. The Kier molecular flexibility index (Phi) is 14.1. The Morgan fingerprint density at radius 2 is 1.66 bits per heavy atom. The van der Waals surface area contributed by atoms with Gasteiger partial charge in [-0.3, -0.25) is 24.7 Å². The zero-order valence-corrected chi connectivity index (χ0v) is 42.4. The van der Waals surface area contributed by atoms with E-state index in [1.807, 2.05) is 37.3 Å². The predicted molar refractivity (Wildman–Crippen MR) is 279 cm³/mol. The third-order valence-corrected chi connectivity index (χ3v) is 17.2. The molecule has 1 amide bonds. The summed E-state index contributed by atoms with van der Waals surface area (Å²) in [5.74, 6) is 1.49. The minimum atomic E-state index is -4.59. The van der Waals surface area contributed by atoms with Gasteiger partial charge in [-0.15, -0.1) is 0 Å². The summed E-state index contributed by atoms with van der Waals surface area (Å²) >= 11 is 0. The highest BCUT2D eigenvalue weighted by molar-refractivity contribution is 7.90. The van der Waals surface area contributed by atoms with E-state index in [1.54, 1.807) is 38.6 Å². The Hall–Kier alpha value is -6.73. The number of nitro benzene ring substituents is 1. The van der Waals surface area contributed by atoms with Gasteiger partial charge in [-0.2, -0.15) is 0 Å². The number of hydrogen-bond donors (Lipinski definition) is 4. The van der Waals surface area contributed by atoms with Crippen molar-refractivity contribution >= 4 is 44.0 Å². The minimum Gasteiger partial charge on any atom is -0.497 e. The third-order valence-electron chi connectivity index (χ3n) is 15.8. The van der Waals surface area contributed by atoms with E-state index in [0.717, 1.165) is 106 Å². The van der Waals surface area contributed by atoms with Crippen LogP contribution in [0.2, 0.25) is 0 Å². The molecule has 1 atom stereocenters. The first kappa shape index (κ1) is 49.8. The number of piperazine rings is 1. The van der Waals surface area contributed by atoms with Crippen molar-refractivity contribution in [3.63, 3.8) is 0 Å². The Morgan fingerprint density at radius 3 is 2.40 bits per heavy atom. The smallest absolute Gasteiger partial charge is 0.293 e. The molecule has 17 nitrogen and oxygen atoms in total. The van der Waals surface area contributed by atoms with Crippen molar-refractivity contribution in [2.75, 3.05) is 63.7 Å². The number of pyridine rings is 1. The van der Waals surface area contributed by atoms with E-state index in [1.165, 1.54) is 29.5 Å². The lowest BCUT2D eigenvalue weighted by molar-refractivity contribution is -0.384. The molecule has 2 aromatic heterocycles. The van der Waals surface area contributed by atoms with E-state index in [-0.39, 0.29) is 34.4 Å². The maximum Gasteiger partial charge on any atom is 0.293 e. The van der Waals surface area contributed by atoms with Crippen LogP contribution in [-0.4, -0.2) is 109 Å². The van der Waals surface area contributed by atoms with Crippen molar-refractivity contribution in [3.8, 4) is 23.0 Å². The molecule has 1 spiro atoms. The molecule has 4 heterocycles. The third kappa shape index (κ3) is 11.0. The summed E-state index contributed by atoms with van der Waals surface area (Å²) in [6.45, 7) is 7.51. The first-order valence-corrected chi connectivity index (χ1v) is 26.7. The number of nitrogens with one attached hydrogen (secondary N) is 3. The number of aromatic nitrogens is 2. The fourth-order valence-corrected chi connectivity index (χ4v) is 12.5. The van der Waals surface area contributed by atoms with Crippen LogP contribution in [-0.2, 0) is 16.6 Å². The molecule has 4 fully saturated rings. The molecule has 4 N–H and O–H groups in total. The number of para-hydroxylation sites is 1. The zero-order chi connectivity index (χ0) is 50.9. The van der Waals surface area contributed by atoms with Gasteiger partial charge in [-0.25, -0.2) is 18.1 Å². The number of hydrogen-bond acceptors (Lipinski definition) is 14. The quantitative estimate of drug-likeness (QED) is 0.0528. The highest BCUT2D eigenvalue weighted by atomic mass is 32.2.